The van der Waals surface area contributed by atoms with Crippen molar-refractivity contribution in [1.82, 2.24) is 0 Å². The summed E-state index contributed by atoms with van der Waals surface area (Å²) in [5, 5.41) is 3.95. The van der Waals surface area contributed by atoms with Gasteiger partial charge in [0.05, 0.1) is 0 Å². The number of carbonyl (C=O) groups excluding carboxylic acids is 1. The summed E-state index contributed by atoms with van der Waals surface area (Å²) in [5.74, 6) is 0.850. The Morgan fingerprint density at radius 1 is 1.09 bits per heavy atom. The van der Waals surface area contributed by atoms with Crippen LogP contribution in [-0.4, -0.2) is 5.91 Å². The van der Waals surface area contributed by atoms with Crippen LogP contribution in [0.5, 0.6) is 0 Å². The van der Waals surface area contributed by atoms with Crippen molar-refractivity contribution in [3.63, 3.8) is 0 Å². The first-order valence-corrected chi connectivity index (χ1v) is 7.70. The van der Waals surface area contributed by atoms with E-state index in [9.17, 15) is 4.79 Å². The topological polar surface area (TPSA) is 42.2 Å². The third kappa shape index (κ3) is 3.51. The SMILES string of the molecule is CC(C)c1ccccc1NC(=O)/C=C/c1cc2ccccc2o1. The highest BCUT2D eigenvalue weighted by atomic mass is 16.3. The molecule has 0 radical (unpaired) electrons. The van der Waals surface area contributed by atoms with Gasteiger partial charge in [-0.25, -0.2) is 0 Å². The van der Waals surface area contributed by atoms with E-state index in [0.29, 0.717) is 11.7 Å². The fraction of sp³-hybridized carbons (Fsp3) is 0.150. The number of nitrogens with one attached hydrogen (secondary N) is 1. The first-order valence-electron chi connectivity index (χ1n) is 7.70. The zero-order valence-electron chi connectivity index (χ0n) is 13.2. The van der Waals surface area contributed by atoms with E-state index in [1.807, 2.05) is 54.6 Å². The summed E-state index contributed by atoms with van der Waals surface area (Å²) in [6.07, 6.45) is 3.18. The second kappa shape index (κ2) is 6.53. The van der Waals surface area contributed by atoms with Crippen LogP contribution in [0, 0.1) is 0 Å². The van der Waals surface area contributed by atoms with Gasteiger partial charge in [-0.1, -0.05) is 50.2 Å². The Hall–Kier alpha value is -2.81. The van der Waals surface area contributed by atoms with E-state index in [0.717, 1.165) is 22.2 Å². The summed E-state index contributed by atoms with van der Waals surface area (Å²) in [6, 6.07) is 17.5. The molecular formula is C20H19NO2. The number of rotatable bonds is 4. The molecule has 1 N–H and O–H groups in total. The number of anilines is 1. The standard InChI is InChI=1S/C20H19NO2/c1-14(2)17-8-4-5-9-18(17)21-20(22)12-11-16-13-15-7-3-6-10-19(15)23-16/h3-14H,1-2H3,(H,21,22)/b12-11+. The van der Waals surface area contributed by atoms with Crippen molar-refractivity contribution in [3.05, 3.63) is 72.0 Å². The first-order chi connectivity index (χ1) is 11.1. The van der Waals surface area contributed by atoms with E-state index in [2.05, 4.69) is 19.2 Å². The van der Waals surface area contributed by atoms with Crippen molar-refractivity contribution in [2.75, 3.05) is 5.32 Å². The maximum absolute atomic E-state index is 12.1. The number of benzene rings is 2. The van der Waals surface area contributed by atoms with Gasteiger partial charge >= 0.3 is 0 Å². The Morgan fingerprint density at radius 2 is 1.83 bits per heavy atom. The molecule has 0 fully saturated rings. The van der Waals surface area contributed by atoms with E-state index < -0.39 is 0 Å². The highest BCUT2D eigenvalue weighted by molar-refractivity contribution is 6.02. The molecule has 0 bridgehead atoms. The molecule has 3 rings (SSSR count). The molecule has 0 saturated heterocycles. The largest absolute Gasteiger partial charge is 0.457 e. The number of hydrogen-bond donors (Lipinski definition) is 1. The van der Waals surface area contributed by atoms with Crippen LogP contribution in [0.1, 0.15) is 31.1 Å². The Kier molecular flexibility index (Phi) is 4.29. The predicted molar refractivity (Wildman–Crippen MR) is 94.4 cm³/mol. The van der Waals surface area contributed by atoms with Gasteiger partial charge in [-0.05, 0) is 35.8 Å². The number of para-hydroxylation sites is 2. The third-order valence-corrected chi connectivity index (χ3v) is 3.68. The van der Waals surface area contributed by atoms with Gasteiger partial charge in [0, 0.05) is 17.1 Å². The minimum Gasteiger partial charge on any atom is -0.457 e. The fourth-order valence-corrected chi connectivity index (χ4v) is 2.53. The molecule has 1 aromatic heterocycles. The highest BCUT2D eigenvalue weighted by Crippen LogP contribution is 2.24. The van der Waals surface area contributed by atoms with Gasteiger partial charge < -0.3 is 9.73 Å². The molecule has 0 atom stereocenters. The van der Waals surface area contributed by atoms with Crippen LogP contribution in [0.15, 0.2) is 65.1 Å². The molecule has 0 aliphatic rings. The quantitative estimate of drug-likeness (QED) is 0.672. The summed E-state index contributed by atoms with van der Waals surface area (Å²) in [4.78, 5) is 12.1. The molecule has 3 heteroatoms. The van der Waals surface area contributed by atoms with E-state index in [-0.39, 0.29) is 5.91 Å². The Bertz CT molecular complexity index is 826. The lowest BCUT2D eigenvalue weighted by atomic mass is 10.0. The molecule has 3 nitrogen and oxygen atoms in total. The van der Waals surface area contributed by atoms with Gasteiger partial charge in [-0.15, -0.1) is 0 Å². The average Bonchev–Trinajstić information content (AvgIpc) is 2.96. The van der Waals surface area contributed by atoms with Gasteiger partial charge in [0.1, 0.15) is 11.3 Å². The van der Waals surface area contributed by atoms with Crippen molar-refractivity contribution in [2.45, 2.75) is 19.8 Å². The normalized spacial score (nSPS) is 11.4. The van der Waals surface area contributed by atoms with Crippen molar-refractivity contribution < 1.29 is 9.21 Å². The second-order valence-corrected chi connectivity index (χ2v) is 5.75. The van der Waals surface area contributed by atoms with E-state index in [1.165, 1.54) is 6.08 Å². The molecule has 1 amide bonds. The van der Waals surface area contributed by atoms with Crippen molar-refractivity contribution in [2.24, 2.45) is 0 Å². The zero-order chi connectivity index (χ0) is 16.2. The minimum absolute atomic E-state index is 0.168. The Morgan fingerprint density at radius 3 is 2.61 bits per heavy atom. The lowest BCUT2D eigenvalue weighted by Gasteiger charge is -2.12. The molecule has 116 valence electrons. The number of furan rings is 1. The fourth-order valence-electron chi connectivity index (χ4n) is 2.53. The van der Waals surface area contributed by atoms with Crippen LogP contribution in [0.2, 0.25) is 0 Å². The average molecular weight is 305 g/mol. The third-order valence-electron chi connectivity index (χ3n) is 3.68. The molecule has 23 heavy (non-hydrogen) atoms. The van der Waals surface area contributed by atoms with Gasteiger partial charge in [0.15, 0.2) is 0 Å². The maximum atomic E-state index is 12.1. The van der Waals surface area contributed by atoms with Gasteiger partial charge in [0.2, 0.25) is 5.91 Å². The maximum Gasteiger partial charge on any atom is 0.248 e. The highest BCUT2D eigenvalue weighted by Gasteiger charge is 2.07. The number of fused-ring (bicyclic) bond motifs is 1. The summed E-state index contributed by atoms with van der Waals surface area (Å²) in [6.45, 7) is 4.21. The van der Waals surface area contributed by atoms with Crippen LogP contribution in [0.3, 0.4) is 0 Å². The summed E-state index contributed by atoms with van der Waals surface area (Å²) < 4.78 is 5.66. The van der Waals surface area contributed by atoms with Crippen molar-refractivity contribution in [3.8, 4) is 0 Å². The second-order valence-electron chi connectivity index (χ2n) is 5.75. The van der Waals surface area contributed by atoms with Gasteiger partial charge in [-0.3, -0.25) is 4.79 Å². The summed E-state index contributed by atoms with van der Waals surface area (Å²) in [7, 11) is 0. The van der Waals surface area contributed by atoms with Crippen molar-refractivity contribution in [1.29, 1.82) is 0 Å². The monoisotopic (exact) mass is 305 g/mol. The molecule has 0 unspecified atom stereocenters. The number of amides is 1. The predicted octanol–water partition coefficient (Wildman–Crippen LogP) is 5.21. The summed E-state index contributed by atoms with van der Waals surface area (Å²) in [5.41, 5.74) is 2.79. The molecule has 0 aliphatic carbocycles. The van der Waals surface area contributed by atoms with E-state index in [4.69, 9.17) is 4.42 Å². The van der Waals surface area contributed by atoms with E-state index >= 15 is 0 Å². The van der Waals surface area contributed by atoms with Crippen LogP contribution in [-0.2, 0) is 4.79 Å². The van der Waals surface area contributed by atoms with E-state index in [1.54, 1.807) is 6.08 Å². The van der Waals surface area contributed by atoms with Gasteiger partial charge in [0.25, 0.3) is 0 Å². The molecule has 1 heterocycles. The lowest BCUT2D eigenvalue weighted by Crippen LogP contribution is -2.10. The Balaban J connectivity index is 1.74. The number of hydrogen-bond acceptors (Lipinski definition) is 2. The van der Waals surface area contributed by atoms with Crippen LogP contribution in [0.25, 0.3) is 17.0 Å². The first kappa shape index (κ1) is 15.1. The van der Waals surface area contributed by atoms with Crippen LogP contribution < -0.4 is 5.32 Å². The molecule has 0 saturated carbocycles. The number of carbonyl (C=O) groups is 1. The van der Waals surface area contributed by atoms with Crippen molar-refractivity contribution >= 4 is 28.6 Å². The lowest BCUT2D eigenvalue weighted by molar-refractivity contribution is -0.111. The molecule has 3 aromatic rings. The smallest absolute Gasteiger partial charge is 0.248 e. The molecule has 0 spiro atoms. The minimum atomic E-state index is -0.168. The molecular weight excluding hydrogens is 286 g/mol. The van der Waals surface area contributed by atoms with Gasteiger partial charge in [-0.2, -0.15) is 0 Å². The van der Waals surface area contributed by atoms with Crippen LogP contribution >= 0.6 is 0 Å². The zero-order valence-corrected chi connectivity index (χ0v) is 13.2. The van der Waals surface area contributed by atoms with Crippen LogP contribution in [0.4, 0.5) is 5.69 Å². The summed E-state index contributed by atoms with van der Waals surface area (Å²) >= 11 is 0. The Labute approximate surface area is 135 Å². The molecule has 2 aromatic carbocycles. The molecule has 0 aliphatic heterocycles.